The number of amides is 1. The molecular weight excluding hydrogens is 244 g/mol. The Morgan fingerprint density at radius 2 is 1.79 bits per heavy atom. The minimum Gasteiger partial charge on any atom is -0.465 e. The molecule has 1 heterocycles. The zero-order chi connectivity index (χ0) is 13.8. The first-order valence-electron chi connectivity index (χ1n) is 6.53. The van der Waals surface area contributed by atoms with Crippen molar-refractivity contribution in [1.82, 2.24) is 9.80 Å². The van der Waals surface area contributed by atoms with Crippen LogP contribution in [0.15, 0.2) is 24.3 Å². The molecule has 1 aliphatic rings. The van der Waals surface area contributed by atoms with Gasteiger partial charge in [0.05, 0.1) is 6.61 Å². The van der Waals surface area contributed by atoms with E-state index in [9.17, 15) is 4.79 Å². The fourth-order valence-electron chi connectivity index (χ4n) is 2.41. The Bertz CT molecular complexity index is 425. The molecule has 5 heteroatoms. The molecule has 2 N–H and O–H groups in total. The van der Waals surface area contributed by atoms with E-state index in [1.807, 2.05) is 24.3 Å². The van der Waals surface area contributed by atoms with Crippen molar-refractivity contribution in [2.24, 2.45) is 0 Å². The fourth-order valence-corrected chi connectivity index (χ4v) is 2.41. The summed E-state index contributed by atoms with van der Waals surface area (Å²) < 4.78 is 0. The smallest absolute Gasteiger partial charge is 0.407 e. The van der Waals surface area contributed by atoms with Gasteiger partial charge in [0, 0.05) is 32.2 Å². The third-order valence-electron chi connectivity index (χ3n) is 3.78. The summed E-state index contributed by atoms with van der Waals surface area (Å²) in [7, 11) is 0. The van der Waals surface area contributed by atoms with Gasteiger partial charge in [0.2, 0.25) is 0 Å². The lowest BCUT2D eigenvalue weighted by Gasteiger charge is -2.37. The molecule has 1 atom stereocenters. The number of carboxylic acid groups (broad SMARTS) is 1. The molecular formula is C14H20N2O3. The van der Waals surface area contributed by atoms with Crippen LogP contribution >= 0.6 is 0 Å². The Labute approximate surface area is 113 Å². The highest BCUT2D eigenvalue weighted by Crippen LogP contribution is 2.22. The Kier molecular flexibility index (Phi) is 4.39. The van der Waals surface area contributed by atoms with E-state index < -0.39 is 6.09 Å². The maximum atomic E-state index is 10.9. The number of hydrogen-bond acceptors (Lipinski definition) is 3. The number of carbonyl (C=O) groups is 1. The molecule has 104 valence electrons. The highest BCUT2D eigenvalue weighted by Gasteiger charge is 2.24. The van der Waals surface area contributed by atoms with Gasteiger partial charge in [-0.2, -0.15) is 0 Å². The molecule has 0 aromatic heterocycles. The van der Waals surface area contributed by atoms with Gasteiger partial charge in [-0.05, 0) is 18.1 Å². The van der Waals surface area contributed by atoms with Crippen LogP contribution in [0, 0.1) is 0 Å². The van der Waals surface area contributed by atoms with Crippen molar-refractivity contribution >= 4 is 6.09 Å². The average molecular weight is 264 g/mol. The molecule has 0 spiro atoms. The van der Waals surface area contributed by atoms with Crippen molar-refractivity contribution < 1.29 is 15.0 Å². The molecule has 2 rings (SSSR count). The second-order valence-electron chi connectivity index (χ2n) is 4.88. The molecule has 1 fully saturated rings. The van der Waals surface area contributed by atoms with Crippen LogP contribution in [0.25, 0.3) is 0 Å². The maximum Gasteiger partial charge on any atom is 0.407 e. The zero-order valence-electron chi connectivity index (χ0n) is 11.1. The van der Waals surface area contributed by atoms with Crippen LogP contribution < -0.4 is 0 Å². The van der Waals surface area contributed by atoms with Crippen molar-refractivity contribution in [3.63, 3.8) is 0 Å². The van der Waals surface area contributed by atoms with Crippen LogP contribution in [0.5, 0.6) is 0 Å². The standard InChI is InChI=1S/C14H20N2O3/c1-11(13-4-2-12(10-17)3-5-13)15-6-8-16(9-7-15)14(18)19/h2-5,11,17H,6-10H2,1H3,(H,18,19). The molecule has 19 heavy (non-hydrogen) atoms. The van der Waals surface area contributed by atoms with E-state index in [1.165, 1.54) is 10.5 Å². The predicted octanol–water partition coefficient (Wildman–Crippen LogP) is 1.54. The molecule has 1 aromatic carbocycles. The van der Waals surface area contributed by atoms with Crippen molar-refractivity contribution in [2.75, 3.05) is 26.2 Å². The molecule has 5 nitrogen and oxygen atoms in total. The minimum atomic E-state index is -0.834. The van der Waals surface area contributed by atoms with Crippen LogP contribution in [-0.2, 0) is 6.61 Å². The number of nitrogens with zero attached hydrogens (tertiary/aromatic N) is 2. The summed E-state index contributed by atoms with van der Waals surface area (Å²) >= 11 is 0. The first-order chi connectivity index (χ1) is 9.11. The Morgan fingerprint density at radius 1 is 1.21 bits per heavy atom. The van der Waals surface area contributed by atoms with Gasteiger partial charge in [0.1, 0.15) is 0 Å². The minimum absolute atomic E-state index is 0.0615. The first kappa shape index (κ1) is 13.8. The molecule has 1 saturated heterocycles. The Hall–Kier alpha value is -1.59. The van der Waals surface area contributed by atoms with E-state index in [1.54, 1.807) is 0 Å². The summed E-state index contributed by atoms with van der Waals surface area (Å²) in [5.41, 5.74) is 2.10. The molecule has 1 aliphatic heterocycles. The van der Waals surface area contributed by atoms with E-state index in [4.69, 9.17) is 10.2 Å². The van der Waals surface area contributed by atoms with Crippen LogP contribution in [0.3, 0.4) is 0 Å². The van der Waals surface area contributed by atoms with Gasteiger partial charge in [-0.15, -0.1) is 0 Å². The molecule has 1 aromatic rings. The van der Waals surface area contributed by atoms with Gasteiger partial charge in [-0.1, -0.05) is 24.3 Å². The van der Waals surface area contributed by atoms with Gasteiger partial charge in [-0.25, -0.2) is 4.79 Å². The fraction of sp³-hybridized carbons (Fsp3) is 0.500. The topological polar surface area (TPSA) is 64.0 Å². The van der Waals surface area contributed by atoms with E-state index in [2.05, 4.69) is 11.8 Å². The SMILES string of the molecule is CC(c1ccc(CO)cc1)N1CCN(C(=O)O)CC1. The lowest BCUT2D eigenvalue weighted by molar-refractivity contribution is 0.0889. The van der Waals surface area contributed by atoms with Gasteiger partial charge < -0.3 is 15.1 Å². The Balaban J connectivity index is 1.96. The van der Waals surface area contributed by atoms with Crippen LogP contribution in [0.2, 0.25) is 0 Å². The third-order valence-corrected chi connectivity index (χ3v) is 3.78. The van der Waals surface area contributed by atoms with Crippen molar-refractivity contribution in [3.8, 4) is 0 Å². The van der Waals surface area contributed by atoms with Crippen molar-refractivity contribution in [1.29, 1.82) is 0 Å². The number of aliphatic hydroxyl groups is 1. The van der Waals surface area contributed by atoms with Crippen LogP contribution in [-0.4, -0.2) is 52.3 Å². The Morgan fingerprint density at radius 3 is 2.26 bits per heavy atom. The summed E-state index contributed by atoms with van der Waals surface area (Å²) in [5.74, 6) is 0. The summed E-state index contributed by atoms with van der Waals surface area (Å²) in [4.78, 5) is 14.6. The van der Waals surface area contributed by atoms with E-state index in [0.29, 0.717) is 13.1 Å². The number of rotatable bonds is 3. The normalized spacial score (nSPS) is 18.3. The van der Waals surface area contributed by atoms with Gasteiger partial charge >= 0.3 is 6.09 Å². The largest absolute Gasteiger partial charge is 0.465 e. The summed E-state index contributed by atoms with van der Waals surface area (Å²) in [6, 6.07) is 8.18. The third kappa shape index (κ3) is 3.24. The predicted molar refractivity (Wildman–Crippen MR) is 72.0 cm³/mol. The second-order valence-corrected chi connectivity index (χ2v) is 4.88. The molecule has 0 bridgehead atoms. The van der Waals surface area contributed by atoms with Crippen molar-refractivity contribution in [2.45, 2.75) is 19.6 Å². The number of piperazine rings is 1. The summed E-state index contributed by atoms with van der Waals surface area (Å²) in [6.45, 7) is 4.84. The van der Waals surface area contributed by atoms with Gasteiger partial charge in [0.25, 0.3) is 0 Å². The van der Waals surface area contributed by atoms with Crippen LogP contribution in [0.1, 0.15) is 24.1 Å². The summed E-state index contributed by atoms with van der Waals surface area (Å²) in [5, 5.41) is 17.9. The lowest BCUT2D eigenvalue weighted by atomic mass is 10.0. The molecule has 0 saturated carbocycles. The quantitative estimate of drug-likeness (QED) is 0.869. The zero-order valence-corrected chi connectivity index (χ0v) is 11.1. The highest BCUT2D eigenvalue weighted by atomic mass is 16.4. The number of aliphatic hydroxyl groups excluding tert-OH is 1. The number of benzene rings is 1. The summed E-state index contributed by atoms with van der Waals surface area (Å²) in [6.07, 6.45) is -0.834. The van der Waals surface area contributed by atoms with E-state index in [-0.39, 0.29) is 12.6 Å². The molecule has 0 aliphatic carbocycles. The molecule has 0 radical (unpaired) electrons. The average Bonchev–Trinajstić information content (AvgIpc) is 2.46. The number of hydrogen-bond donors (Lipinski definition) is 2. The molecule has 1 unspecified atom stereocenters. The highest BCUT2D eigenvalue weighted by molar-refractivity contribution is 5.65. The second kappa shape index (κ2) is 6.04. The van der Waals surface area contributed by atoms with Crippen molar-refractivity contribution in [3.05, 3.63) is 35.4 Å². The first-order valence-corrected chi connectivity index (χ1v) is 6.53. The lowest BCUT2D eigenvalue weighted by Crippen LogP contribution is -2.48. The van der Waals surface area contributed by atoms with Crippen LogP contribution in [0.4, 0.5) is 4.79 Å². The maximum absolute atomic E-state index is 10.9. The van der Waals surface area contributed by atoms with Gasteiger partial charge in [-0.3, -0.25) is 4.90 Å². The monoisotopic (exact) mass is 264 g/mol. The molecule has 1 amide bonds. The van der Waals surface area contributed by atoms with E-state index in [0.717, 1.165) is 18.7 Å². The van der Waals surface area contributed by atoms with Gasteiger partial charge in [0.15, 0.2) is 0 Å². The van der Waals surface area contributed by atoms with E-state index >= 15 is 0 Å².